The Balaban J connectivity index is 1.69. The zero-order valence-corrected chi connectivity index (χ0v) is 21.5. The molecule has 0 radical (unpaired) electrons. The molecule has 7 heteroatoms. The number of hydrogen-bond donors (Lipinski definition) is 1. The number of aryl methyl sites for hydroxylation is 2. The average Bonchev–Trinajstić information content (AvgIpc) is 3.39. The second-order valence-electron chi connectivity index (χ2n) is 9.00. The van der Waals surface area contributed by atoms with E-state index in [1.165, 1.54) is 12.7 Å². The number of para-hydroxylation sites is 1. The van der Waals surface area contributed by atoms with Crippen molar-refractivity contribution >= 4 is 29.0 Å². The summed E-state index contributed by atoms with van der Waals surface area (Å²) in [4.78, 5) is 19.4. The quantitative estimate of drug-likeness (QED) is 0.280. The van der Waals surface area contributed by atoms with Crippen LogP contribution in [0.5, 0.6) is 0 Å². The van der Waals surface area contributed by atoms with Gasteiger partial charge in [0.1, 0.15) is 0 Å². The fourth-order valence-electron chi connectivity index (χ4n) is 5.06. The first-order chi connectivity index (χ1) is 17.4. The Morgan fingerprint density at radius 2 is 1.72 bits per heavy atom. The third kappa shape index (κ3) is 4.05. The molecule has 1 aliphatic heterocycles. The van der Waals surface area contributed by atoms with Crippen LogP contribution in [0.2, 0.25) is 0 Å². The van der Waals surface area contributed by atoms with Gasteiger partial charge in [0, 0.05) is 23.3 Å². The molecule has 4 aromatic rings. The highest BCUT2D eigenvalue weighted by Crippen LogP contribution is 2.43. The van der Waals surface area contributed by atoms with Crippen molar-refractivity contribution in [3.8, 4) is 5.69 Å². The summed E-state index contributed by atoms with van der Waals surface area (Å²) < 4.78 is 7.18. The first-order valence-corrected chi connectivity index (χ1v) is 12.3. The highest BCUT2D eigenvalue weighted by atomic mass is 32.1. The Bertz CT molecular complexity index is 1430. The summed E-state index contributed by atoms with van der Waals surface area (Å²) in [5.74, 6) is -0.365. The van der Waals surface area contributed by atoms with Gasteiger partial charge in [-0.2, -0.15) is 0 Å². The molecule has 3 heterocycles. The van der Waals surface area contributed by atoms with Crippen molar-refractivity contribution < 1.29 is 9.53 Å². The number of esters is 1. The molecule has 2 atom stereocenters. The van der Waals surface area contributed by atoms with Gasteiger partial charge < -0.3 is 19.5 Å². The van der Waals surface area contributed by atoms with Crippen LogP contribution < -0.4 is 10.2 Å². The van der Waals surface area contributed by atoms with E-state index in [1.807, 2.05) is 42.6 Å². The number of pyridine rings is 1. The van der Waals surface area contributed by atoms with Crippen molar-refractivity contribution in [3.63, 3.8) is 0 Å². The molecular weight excluding hydrogens is 468 g/mol. The number of hydrogen-bond acceptors (Lipinski definition) is 4. The van der Waals surface area contributed by atoms with Crippen LogP contribution in [0.4, 0.5) is 5.69 Å². The number of nitrogens with zero attached hydrogens (tertiary/aromatic N) is 3. The van der Waals surface area contributed by atoms with Gasteiger partial charge in [-0.25, -0.2) is 4.79 Å². The highest BCUT2D eigenvalue weighted by Gasteiger charge is 2.42. The monoisotopic (exact) mass is 496 g/mol. The molecule has 2 aromatic heterocycles. The van der Waals surface area contributed by atoms with Crippen LogP contribution in [-0.4, -0.2) is 27.7 Å². The number of rotatable bonds is 5. The number of methoxy groups -OCH3 is 1. The van der Waals surface area contributed by atoms with E-state index in [-0.39, 0.29) is 18.1 Å². The van der Waals surface area contributed by atoms with E-state index in [1.54, 1.807) is 6.07 Å². The topological polar surface area (TPSA) is 59.4 Å². The maximum Gasteiger partial charge on any atom is 0.339 e. The van der Waals surface area contributed by atoms with Crippen molar-refractivity contribution in [1.29, 1.82) is 0 Å². The molecule has 0 amide bonds. The number of carbonyl (C=O) groups is 1. The Labute approximate surface area is 216 Å². The summed E-state index contributed by atoms with van der Waals surface area (Å²) in [6.45, 7) is 6.21. The Hall–Kier alpha value is -3.97. The predicted octanol–water partition coefficient (Wildman–Crippen LogP) is 5.76. The zero-order chi connectivity index (χ0) is 25.4. The van der Waals surface area contributed by atoms with Crippen LogP contribution >= 0.6 is 12.2 Å². The molecule has 6 nitrogen and oxygen atoms in total. The van der Waals surface area contributed by atoms with Gasteiger partial charge in [0.25, 0.3) is 0 Å². The number of aromatic nitrogens is 2. The lowest BCUT2D eigenvalue weighted by molar-refractivity contribution is 0.0600. The van der Waals surface area contributed by atoms with Gasteiger partial charge in [-0.1, -0.05) is 35.9 Å². The number of nitrogens with one attached hydrogen (secondary N) is 1. The van der Waals surface area contributed by atoms with Crippen molar-refractivity contribution in [3.05, 3.63) is 113 Å². The van der Waals surface area contributed by atoms with Crippen LogP contribution in [-0.2, 0) is 4.74 Å². The molecule has 0 spiro atoms. The lowest BCUT2D eigenvalue weighted by atomic mass is 9.96. The van der Waals surface area contributed by atoms with Gasteiger partial charge in [0.15, 0.2) is 5.11 Å². The minimum atomic E-state index is -0.365. The predicted molar refractivity (Wildman–Crippen MR) is 146 cm³/mol. The molecule has 36 heavy (non-hydrogen) atoms. The van der Waals surface area contributed by atoms with Crippen LogP contribution in [0, 0.1) is 20.8 Å². The normalized spacial score (nSPS) is 17.2. The van der Waals surface area contributed by atoms with Crippen LogP contribution in [0.15, 0.2) is 79.0 Å². The summed E-state index contributed by atoms with van der Waals surface area (Å²) in [7, 11) is 1.40. The molecule has 1 saturated heterocycles. The second-order valence-corrected chi connectivity index (χ2v) is 9.39. The van der Waals surface area contributed by atoms with Crippen molar-refractivity contribution in [2.24, 2.45) is 0 Å². The maximum absolute atomic E-state index is 12.6. The van der Waals surface area contributed by atoms with E-state index in [4.69, 9.17) is 17.0 Å². The maximum atomic E-state index is 12.6. The van der Waals surface area contributed by atoms with Crippen molar-refractivity contribution in [1.82, 2.24) is 14.9 Å². The van der Waals surface area contributed by atoms with E-state index in [0.29, 0.717) is 10.7 Å². The van der Waals surface area contributed by atoms with Gasteiger partial charge in [-0.15, -0.1) is 0 Å². The molecule has 5 rings (SSSR count). The van der Waals surface area contributed by atoms with Gasteiger partial charge in [0.05, 0.1) is 36.1 Å². The first kappa shape index (κ1) is 23.8. The highest BCUT2D eigenvalue weighted by molar-refractivity contribution is 7.80. The number of ether oxygens (including phenoxy) is 1. The van der Waals surface area contributed by atoms with Crippen LogP contribution in [0.3, 0.4) is 0 Å². The molecular formula is C29H28N4O2S. The minimum Gasteiger partial charge on any atom is -0.465 e. The number of benzene rings is 2. The van der Waals surface area contributed by atoms with Crippen molar-refractivity contribution in [2.45, 2.75) is 32.9 Å². The third-order valence-corrected chi connectivity index (χ3v) is 7.06. The molecule has 1 fully saturated rings. The van der Waals surface area contributed by atoms with Gasteiger partial charge in [-0.3, -0.25) is 4.98 Å². The molecule has 182 valence electrons. The minimum absolute atomic E-state index is 0.139. The largest absolute Gasteiger partial charge is 0.465 e. The van der Waals surface area contributed by atoms with Crippen molar-refractivity contribution in [2.75, 3.05) is 12.0 Å². The van der Waals surface area contributed by atoms with Gasteiger partial charge in [0.2, 0.25) is 0 Å². The first-order valence-electron chi connectivity index (χ1n) is 11.8. The molecule has 0 bridgehead atoms. The Kier molecular flexibility index (Phi) is 6.33. The smallest absolute Gasteiger partial charge is 0.339 e. The fraction of sp³-hybridized carbons (Fsp3) is 0.207. The fourth-order valence-corrected chi connectivity index (χ4v) is 5.41. The average molecular weight is 497 g/mol. The Morgan fingerprint density at radius 3 is 2.42 bits per heavy atom. The molecule has 2 aromatic carbocycles. The summed E-state index contributed by atoms with van der Waals surface area (Å²) >= 11 is 5.88. The van der Waals surface area contributed by atoms with E-state index in [9.17, 15) is 4.79 Å². The number of carbonyl (C=O) groups excluding carboxylic acids is 1. The second kappa shape index (κ2) is 9.59. The van der Waals surface area contributed by atoms with E-state index < -0.39 is 0 Å². The summed E-state index contributed by atoms with van der Waals surface area (Å²) in [5, 5.41) is 4.18. The van der Waals surface area contributed by atoms with E-state index in [0.717, 1.165) is 34.0 Å². The van der Waals surface area contributed by atoms with Crippen LogP contribution in [0.1, 0.15) is 50.7 Å². The molecule has 1 N–H and O–H groups in total. The number of thiocarbonyl (C=S) groups is 1. The number of anilines is 1. The summed E-state index contributed by atoms with van der Waals surface area (Å²) in [6.07, 6.45) is 1.81. The van der Waals surface area contributed by atoms with Crippen LogP contribution in [0.25, 0.3) is 5.69 Å². The molecule has 1 aliphatic rings. The lowest BCUT2D eigenvalue weighted by Gasteiger charge is -2.28. The third-order valence-electron chi connectivity index (χ3n) is 6.75. The summed E-state index contributed by atoms with van der Waals surface area (Å²) in [6, 6.07) is 23.7. The Morgan fingerprint density at radius 1 is 1.00 bits per heavy atom. The molecule has 0 aliphatic carbocycles. The van der Waals surface area contributed by atoms with Gasteiger partial charge in [-0.05, 0) is 81.0 Å². The summed E-state index contributed by atoms with van der Waals surface area (Å²) in [5.41, 5.74) is 7.57. The van der Waals surface area contributed by atoms with E-state index >= 15 is 0 Å². The standard InChI is InChI=1S/C29H28N4O2S/c1-18-12-14-21(15-13-18)33-27(26(31-29(33)36)24-10-7-8-16-30-24)23-17-19(2)32(20(23)3)25-11-6-5-9-22(25)28(34)35-4/h5-17,26-27H,1-4H3,(H,31,36)/t26-,27+/m0/s1. The van der Waals surface area contributed by atoms with E-state index in [2.05, 4.69) is 70.9 Å². The SMILES string of the molecule is COC(=O)c1ccccc1-n1c(C)cc([C@@H]2[C@H](c3ccccn3)NC(=S)N2c2ccc(C)cc2)c1C. The molecule has 0 saturated carbocycles. The molecule has 0 unspecified atom stereocenters. The lowest BCUT2D eigenvalue weighted by Crippen LogP contribution is -2.29. The zero-order valence-electron chi connectivity index (χ0n) is 20.7. The van der Waals surface area contributed by atoms with Gasteiger partial charge >= 0.3 is 5.97 Å².